The third-order valence-electron chi connectivity index (χ3n) is 7.04. The first-order valence-corrected chi connectivity index (χ1v) is 14.5. The summed E-state index contributed by atoms with van der Waals surface area (Å²) in [5.74, 6) is -2.83. The van der Waals surface area contributed by atoms with Crippen LogP contribution in [0.2, 0.25) is 5.02 Å². The van der Waals surface area contributed by atoms with Crippen molar-refractivity contribution >= 4 is 63.8 Å². The molecule has 0 bridgehead atoms. The van der Waals surface area contributed by atoms with Gasteiger partial charge in [0.05, 0.1) is 16.6 Å². The minimum atomic E-state index is -0.842. The summed E-state index contributed by atoms with van der Waals surface area (Å²) in [5.41, 5.74) is 2.43. The van der Waals surface area contributed by atoms with E-state index in [1.807, 2.05) is 19.1 Å². The standard InChI is InChI=1S/C29H22ClN3O5S2/c1-15-6-12-18(13-7-15)33-26(36)23-22(19-4-2-3-5-20(19)34)25-28(39-24(23)27(33)37)32(29(38)40-25)14-21(35)31-17-10-8-16(30)9-11-17/h2-13,22-24,34H,14H2,1H3,(H,31,35). The number of nitrogens with one attached hydrogen (secondary N) is 1. The molecule has 1 saturated heterocycles. The molecule has 1 fully saturated rings. The molecule has 3 unspecified atom stereocenters. The number of thioether (sulfide) groups is 1. The van der Waals surface area contributed by atoms with Crippen LogP contribution in [0.15, 0.2) is 82.6 Å². The molecule has 3 atom stereocenters. The van der Waals surface area contributed by atoms with E-state index in [1.165, 1.54) is 15.5 Å². The van der Waals surface area contributed by atoms with Crippen LogP contribution in [-0.4, -0.2) is 32.6 Å². The number of hydrogen-bond acceptors (Lipinski definition) is 7. The fourth-order valence-corrected chi connectivity index (χ4v) is 8.06. The molecule has 3 amide bonds. The molecule has 0 spiro atoms. The number of amides is 3. The monoisotopic (exact) mass is 591 g/mol. The van der Waals surface area contributed by atoms with E-state index in [0.29, 0.717) is 31.9 Å². The average molecular weight is 592 g/mol. The van der Waals surface area contributed by atoms with Crippen molar-refractivity contribution < 1.29 is 19.5 Å². The number of aryl methyl sites for hydroxylation is 1. The maximum absolute atomic E-state index is 13.9. The molecule has 0 aliphatic carbocycles. The number of halogens is 1. The number of anilines is 2. The lowest BCUT2D eigenvalue weighted by molar-refractivity contribution is -0.122. The number of hydrogen-bond donors (Lipinski definition) is 2. The molecule has 0 radical (unpaired) electrons. The zero-order valence-electron chi connectivity index (χ0n) is 21.0. The highest BCUT2D eigenvalue weighted by atomic mass is 35.5. The molecule has 6 rings (SSSR count). The van der Waals surface area contributed by atoms with Gasteiger partial charge in [-0.3, -0.25) is 23.7 Å². The van der Waals surface area contributed by atoms with Crippen LogP contribution in [0.3, 0.4) is 0 Å². The Hall–Kier alpha value is -3.86. The Morgan fingerprint density at radius 2 is 1.68 bits per heavy atom. The van der Waals surface area contributed by atoms with Crippen LogP contribution in [0.25, 0.3) is 0 Å². The van der Waals surface area contributed by atoms with E-state index >= 15 is 0 Å². The highest BCUT2D eigenvalue weighted by molar-refractivity contribution is 8.00. The number of fused-ring (bicyclic) bond motifs is 2. The lowest BCUT2D eigenvalue weighted by Crippen LogP contribution is -2.33. The zero-order valence-corrected chi connectivity index (χ0v) is 23.4. The van der Waals surface area contributed by atoms with Gasteiger partial charge in [-0.05, 0) is 49.4 Å². The molecule has 3 heterocycles. The molecule has 2 aliphatic heterocycles. The van der Waals surface area contributed by atoms with Gasteiger partial charge in [-0.25, -0.2) is 4.90 Å². The number of phenolic OH excluding ortho intramolecular Hbond substituents is 1. The first-order chi connectivity index (χ1) is 19.2. The minimum absolute atomic E-state index is 0.0361. The molecule has 2 aliphatic rings. The van der Waals surface area contributed by atoms with Gasteiger partial charge in [-0.15, -0.1) is 0 Å². The summed E-state index contributed by atoms with van der Waals surface area (Å²) < 4.78 is 1.34. The van der Waals surface area contributed by atoms with Crippen molar-refractivity contribution in [3.63, 3.8) is 0 Å². The van der Waals surface area contributed by atoms with Gasteiger partial charge < -0.3 is 10.4 Å². The molecule has 40 heavy (non-hydrogen) atoms. The van der Waals surface area contributed by atoms with Crippen molar-refractivity contribution in [3.8, 4) is 5.75 Å². The molecule has 202 valence electrons. The topological polar surface area (TPSA) is 109 Å². The van der Waals surface area contributed by atoms with Crippen molar-refractivity contribution in [2.75, 3.05) is 10.2 Å². The van der Waals surface area contributed by atoms with Gasteiger partial charge in [0.25, 0.3) is 0 Å². The number of carbonyl (C=O) groups excluding carboxylic acids is 3. The number of aromatic nitrogens is 1. The lowest BCUT2D eigenvalue weighted by Gasteiger charge is -2.31. The van der Waals surface area contributed by atoms with E-state index in [1.54, 1.807) is 54.6 Å². The fourth-order valence-electron chi connectivity index (χ4n) is 5.17. The number of rotatable bonds is 5. The Morgan fingerprint density at radius 3 is 2.38 bits per heavy atom. The van der Waals surface area contributed by atoms with Gasteiger partial charge in [0.2, 0.25) is 17.7 Å². The van der Waals surface area contributed by atoms with E-state index < -0.39 is 34.8 Å². The lowest BCUT2D eigenvalue weighted by atomic mass is 9.82. The minimum Gasteiger partial charge on any atom is -0.508 e. The predicted octanol–water partition coefficient (Wildman–Crippen LogP) is 5.01. The number of thiazole rings is 1. The Kier molecular flexibility index (Phi) is 6.77. The van der Waals surface area contributed by atoms with Crippen molar-refractivity contribution in [1.82, 2.24) is 4.57 Å². The van der Waals surface area contributed by atoms with Crippen molar-refractivity contribution in [3.05, 3.63) is 103 Å². The number of para-hydroxylation sites is 1. The first kappa shape index (κ1) is 26.4. The molecule has 8 nitrogen and oxygen atoms in total. The number of imide groups is 1. The van der Waals surface area contributed by atoms with E-state index in [4.69, 9.17) is 11.6 Å². The number of benzene rings is 3. The van der Waals surface area contributed by atoms with Gasteiger partial charge in [-0.2, -0.15) is 0 Å². The molecule has 3 aromatic carbocycles. The number of aromatic hydroxyl groups is 1. The van der Waals surface area contributed by atoms with Crippen molar-refractivity contribution in [2.45, 2.75) is 29.7 Å². The number of nitrogens with zero attached hydrogens (tertiary/aromatic N) is 2. The van der Waals surface area contributed by atoms with Gasteiger partial charge in [0.1, 0.15) is 17.5 Å². The second kappa shape index (κ2) is 10.3. The van der Waals surface area contributed by atoms with Crippen LogP contribution in [-0.2, 0) is 20.9 Å². The molecule has 2 N–H and O–H groups in total. The second-order valence-electron chi connectivity index (χ2n) is 9.63. The smallest absolute Gasteiger partial charge is 0.308 e. The first-order valence-electron chi connectivity index (χ1n) is 12.4. The summed E-state index contributed by atoms with van der Waals surface area (Å²) in [4.78, 5) is 55.2. The summed E-state index contributed by atoms with van der Waals surface area (Å²) in [6.07, 6.45) is 0. The third-order valence-corrected chi connectivity index (χ3v) is 9.90. The summed E-state index contributed by atoms with van der Waals surface area (Å²) >= 11 is 7.98. The second-order valence-corrected chi connectivity index (χ2v) is 12.2. The average Bonchev–Trinajstić information content (AvgIpc) is 3.37. The maximum atomic E-state index is 13.9. The molecule has 4 aromatic rings. The molecule has 1 aromatic heterocycles. The highest BCUT2D eigenvalue weighted by Gasteiger charge is 2.57. The SMILES string of the molecule is Cc1ccc(N2C(=O)C3Sc4c(sc(=O)n4CC(=O)Nc4ccc(Cl)cc4)C(c4ccccc4O)C3C2=O)cc1. The summed E-state index contributed by atoms with van der Waals surface area (Å²) in [7, 11) is 0. The molecular weight excluding hydrogens is 570 g/mol. The van der Waals surface area contributed by atoms with Crippen LogP contribution in [0.4, 0.5) is 11.4 Å². The molecule has 0 saturated carbocycles. The van der Waals surface area contributed by atoms with Gasteiger partial charge >= 0.3 is 4.87 Å². The normalized spacial score (nSPS) is 19.9. The van der Waals surface area contributed by atoms with Gasteiger partial charge in [0, 0.05) is 27.1 Å². The van der Waals surface area contributed by atoms with Crippen molar-refractivity contribution in [1.29, 1.82) is 0 Å². The van der Waals surface area contributed by atoms with E-state index in [0.717, 1.165) is 28.7 Å². The van der Waals surface area contributed by atoms with Crippen LogP contribution in [0.1, 0.15) is 21.9 Å². The van der Waals surface area contributed by atoms with Crippen LogP contribution in [0, 0.1) is 12.8 Å². The quantitative estimate of drug-likeness (QED) is 0.316. The Labute approximate surface area is 242 Å². The van der Waals surface area contributed by atoms with Crippen molar-refractivity contribution in [2.24, 2.45) is 5.92 Å². The Bertz CT molecular complexity index is 1710. The summed E-state index contributed by atoms with van der Waals surface area (Å²) in [6, 6.07) is 20.4. The van der Waals surface area contributed by atoms with Gasteiger partial charge in [-0.1, -0.05) is 70.6 Å². The van der Waals surface area contributed by atoms with Crippen LogP contribution < -0.4 is 15.1 Å². The maximum Gasteiger partial charge on any atom is 0.308 e. The summed E-state index contributed by atoms with van der Waals surface area (Å²) in [5, 5.41) is 13.7. The Balaban J connectivity index is 1.41. The number of carbonyl (C=O) groups is 3. The highest BCUT2D eigenvalue weighted by Crippen LogP contribution is 2.55. The van der Waals surface area contributed by atoms with Gasteiger partial charge in [0.15, 0.2) is 0 Å². The fraction of sp³-hybridized carbons (Fsp3) is 0.172. The van der Waals surface area contributed by atoms with Crippen LogP contribution in [0.5, 0.6) is 5.75 Å². The predicted molar refractivity (Wildman–Crippen MR) is 155 cm³/mol. The third kappa shape index (κ3) is 4.51. The number of phenols is 1. The van der Waals surface area contributed by atoms with Crippen LogP contribution >= 0.6 is 34.7 Å². The molecular formula is C29H22ClN3O5S2. The largest absolute Gasteiger partial charge is 0.508 e. The Morgan fingerprint density at radius 1 is 0.975 bits per heavy atom. The van der Waals surface area contributed by atoms with E-state index in [9.17, 15) is 24.3 Å². The van der Waals surface area contributed by atoms with E-state index in [2.05, 4.69) is 5.32 Å². The van der Waals surface area contributed by atoms with E-state index in [-0.39, 0.29) is 17.2 Å². The molecule has 11 heteroatoms. The summed E-state index contributed by atoms with van der Waals surface area (Å²) in [6.45, 7) is 1.64. The zero-order chi connectivity index (χ0) is 28.1.